The lowest BCUT2D eigenvalue weighted by molar-refractivity contribution is 0.536. The fraction of sp³-hybridized carbons (Fsp3) is 0.421. The standard InChI is InChI=1S/C19H25ClN6/c1-11(2)9-22-18-16(20)24-15(17(21)25-18)19-23-13-7-5-6-8-14(13)26(19)10-12(3)4/h5-8,11-12H,9-10H2,1-4H3,(H3,21,22,25). The summed E-state index contributed by atoms with van der Waals surface area (Å²) in [6.45, 7) is 10.1. The Morgan fingerprint density at radius 3 is 2.50 bits per heavy atom. The van der Waals surface area contributed by atoms with Crippen molar-refractivity contribution in [3.05, 3.63) is 29.4 Å². The van der Waals surface area contributed by atoms with Crippen molar-refractivity contribution < 1.29 is 0 Å². The third-order valence-electron chi connectivity index (χ3n) is 3.97. The molecule has 0 radical (unpaired) electrons. The number of para-hydroxylation sites is 2. The summed E-state index contributed by atoms with van der Waals surface area (Å²) in [5, 5.41) is 3.50. The van der Waals surface area contributed by atoms with E-state index in [1.54, 1.807) is 0 Å². The lowest BCUT2D eigenvalue weighted by Gasteiger charge is -2.14. The van der Waals surface area contributed by atoms with Crippen LogP contribution in [0.3, 0.4) is 0 Å². The van der Waals surface area contributed by atoms with Gasteiger partial charge in [0.05, 0.1) is 11.0 Å². The highest BCUT2D eigenvalue weighted by molar-refractivity contribution is 6.31. The first-order valence-electron chi connectivity index (χ1n) is 8.89. The number of nitrogens with one attached hydrogen (secondary N) is 1. The van der Waals surface area contributed by atoms with Gasteiger partial charge in [0.25, 0.3) is 0 Å². The maximum absolute atomic E-state index is 6.36. The first-order valence-corrected chi connectivity index (χ1v) is 9.27. The molecule has 0 bridgehead atoms. The topological polar surface area (TPSA) is 81.6 Å². The number of nitrogens with zero attached hydrogens (tertiary/aromatic N) is 4. The Balaban J connectivity index is 2.10. The highest BCUT2D eigenvalue weighted by Crippen LogP contribution is 2.30. The summed E-state index contributed by atoms with van der Waals surface area (Å²) in [4.78, 5) is 13.7. The predicted octanol–water partition coefficient (Wildman–Crippen LogP) is 4.45. The Kier molecular flexibility index (Phi) is 5.32. The molecule has 7 heteroatoms. The molecule has 0 aliphatic heterocycles. The average Bonchev–Trinajstić information content (AvgIpc) is 2.93. The van der Waals surface area contributed by atoms with Gasteiger partial charge >= 0.3 is 0 Å². The van der Waals surface area contributed by atoms with Crippen LogP contribution >= 0.6 is 11.6 Å². The number of hydrogen-bond acceptors (Lipinski definition) is 5. The molecule has 26 heavy (non-hydrogen) atoms. The van der Waals surface area contributed by atoms with Crippen LogP contribution in [0.4, 0.5) is 11.6 Å². The minimum Gasteiger partial charge on any atom is -0.382 e. The molecule has 0 saturated carbocycles. The Morgan fingerprint density at radius 2 is 1.81 bits per heavy atom. The minimum atomic E-state index is 0.304. The highest BCUT2D eigenvalue weighted by Gasteiger charge is 2.20. The van der Waals surface area contributed by atoms with Gasteiger partial charge in [0.1, 0.15) is 5.69 Å². The number of nitrogen functional groups attached to an aromatic ring is 1. The molecule has 0 amide bonds. The Labute approximate surface area is 158 Å². The molecule has 138 valence electrons. The van der Waals surface area contributed by atoms with Crippen LogP contribution < -0.4 is 11.1 Å². The van der Waals surface area contributed by atoms with Gasteiger partial charge in [0.15, 0.2) is 22.6 Å². The SMILES string of the molecule is CC(C)CNc1nc(N)c(-c2nc3ccccc3n2CC(C)C)nc1Cl. The van der Waals surface area contributed by atoms with E-state index in [2.05, 4.69) is 53.6 Å². The first-order chi connectivity index (χ1) is 12.4. The molecule has 2 heterocycles. The number of benzene rings is 1. The third-order valence-corrected chi connectivity index (χ3v) is 4.24. The quantitative estimate of drug-likeness (QED) is 0.667. The van der Waals surface area contributed by atoms with Crippen LogP contribution in [0.2, 0.25) is 5.15 Å². The van der Waals surface area contributed by atoms with Crippen molar-refractivity contribution >= 4 is 34.3 Å². The smallest absolute Gasteiger partial charge is 0.172 e. The number of nitrogens with two attached hydrogens (primary N) is 1. The van der Waals surface area contributed by atoms with Crippen molar-refractivity contribution in [2.75, 3.05) is 17.6 Å². The van der Waals surface area contributed by atoms with E-state index in [1.807, 2.05) is 18.2 Å². The molecule has 0 fully saturated rings. The first kappa shape index (κ1) is 18.5. The van der Waals surface area contributed by atoms with Crippen LogP contribution in [0.1, 0.15) is 27.7 Å². The van der Waals surface area contributed by atoms with Crippen LogP contribution in [0, 0.1) is 11.8 Å². The molecule has 6 nitrogen and oxygen atoms in total. The number of imidazole rings is 1. The van der Waals surface area contributed by atoms with E-state index in [0.29, 0.717) is 40.1 Å². The fourth-order valence-corrected chi connectivity index (χ4v) is 3.01. The Bertz CT molecular complexity index is 916. The zero-order valence-electron chi connectivity index (χ0n) is 15.6. The van der Waals surface area contributed by atoms with Crippen molar-refractivity contribution in [3.8, 4) is 11.5 Å². The summed E-state index contributed by atoms with van der Waals surface area (Å²) in [5.74, 6) is 2.43. The van der Waals surface area contributed by atoms with Crippen molar-refractivity contribution in [2.45, 2.75) is 34.2 Å². The number of fused-ring (bicyclic) bond motifs is 1. The fourth-order valence-electron chi connectivity index (χ4n) is 2.81. The minimum absolute atomic E-state index is 0.304. The number of hydrogen-bond donors (Lipinski definition) is 2. The van der Waals surface area contributed by atoms with Gasteiger partial charge in [-0.1, -0.05) is 51.4 Å². The predicted molar refractivity (Wildman–Crippen MR) is 108 cm³/mol. The molecule has 0 aliphatic carbocycles. The second-order valence-electron chi connectivity index (χ2n) is 7.30. The zero-order chi connectivity index (χ0) is 18.8. The molecular weight excluding hydrogens is 348 g/mol. The lowest BCUT2D eigenvalue weighted by Crippen LogP contribution is -2.13. The van der Waals surface area contributed by atoms with Gasteiger partial charge in [-0.25, -0.2) is 15.0 Å². The summed E-state index contributed by atoms with van der Waals surface area (Å²) >= 11 is 6.36. The molecule has 0 unspecified atom stereocenters. The number of rotatable bonds is 6. The van der Waals surface area contributed by atoms with Crippen molar-refractivity contribution in [3.63, 3.8) is 0 Å². The summed E-state index contributed by atoms with van der Waals surface area (Å²) in [6, 6.07) is 8.02. The van der Waals surface area contributed by atoms with Gasteiger partial charge < -0.3 is 15.6 Å². The molecule has 3 aromatic rings. The van der Waals surface area contributed by atoms with Crippen LogP contribution in [0.25, 0.3) is 22.6 Å². The molecule has 0 atom stereocenters. The summed E-state index contributed by atoms with van der Waals surface area (Å²) in [6.07, 6.45) is 0. The largest absolute Gasteiger partial charge is 0.382 e. The van der Waals surface area contributed by atoms with E-state index < -0.39 is 0 Å². The molecule has 0 aliphatic rings. The Hall–Kier alpha value is -2.34. The summed E-state index contributed by atoms with van der Waals surface area (Å²) in [7, 11) is 0. The number of anilines is 2. The van der Waals surface area contributed by atoms with E-state index >= 15 is 0 Å². The van der Waals surface area contributed by atoms with Gasteiger partial charge in [-0.3, -0.25) is 0 Å². The normalized spacial score (nSPS) is 11.7. The van der Waals surface area contributed by atoms with E-state index in [1.165, 1.54) is 0 Å². The van der Waals surface area contributed by atoms with E-state index in [-0.39, 0.29) is 0 Å². The molecule has 0 saturated heterocycles. The molecular formula is C19H25ClN6. The van der Waals surface area contributed by atoms with Crippen LogP contribution in [-0.4, -0.2) is 26.1 Å². The molecule has 0 spiro atoms. The molecule has 3 N–H and O–H groups in total. The maximum atomic E-state index is 6.36. The number of halogens is 1. The van der Waals surface area contributed by atoms with Gasteiger partial charge in [-0.05, 0) is 24.0 Å². The van der Waals surface area contributed by atoms with Gasteiger partial charge in [-0.15, -0.1) is 0 Å². The Morgan fingerprint density at radius 1 is 1.08 bits per heavy atom. The van der Waals surface area contributed by atoms with E-state index in [0.717, 1.165) is 24.1 Å². The van der Waals surface area contributed by atoms with Crippen LogP contribution in [-0.2, 0) is 6.54 Å². The number of aromatic nitrogens is 4. The third kappa shape index (κ3) is 3.75. The summed E-state index contributed by atoms with van der Waals surface area (Å²) in [5.41, 5.74) is 8.70. The zero-order valence-corrected chi connectivity index (χ0v) is 16.4. The molecule has 1 aromatic carbocycles. The van der Waals surface area contributed by atoms with Gasteiger partial charge in [0.2, 0.25) is 0 Å². The lowest BCUT2D eigenvalue weighted by atomic mass is 10.2. The van der Waals surface area contributed by atoms with Crippen LogP contribution in [0.15, 0.2) is 24.3 Å². The van der Waals surface area contributed by atoms with Crippen molar-refractivity contribution in [2.24, 2.45) is 11.8 Å². The second-order valence-corrected chi connectivity index (χ2v) is 7.66. The monoisotopic (exact) mass is 372 g/mol. The van der Waals surface area contributed by atoms with Crippen molar-refractivity contribution in [1.82, 2.24) is 19.5 Å². The molecule has 3 rings (SSSR count). The van der Waals surface area contributed by atoms with Crippen LogP contribution in [0.5, 0.6) is 0 Å². The highest BCUT2D eigenvalue weighted by atomic mass is 35.5. The van der Waals surface area contributed by atoms with E-state index in [4.69, 9.17) is 22.3 Å². The van der Waals surface area contributed by atoms with Gasteiger partial charge in [0, 0.05) is 13.1 Å². The maximum Gasteiger partial charge on any atom is 0.172 e. The second kappa shape index (κ2) is 7.50. The molecule has 2 aromatic heterocycles. The average molecular weight is 373 g/mol. The van der Waals surface area contributed by atoms with Crippen molar-refractivity contribution in [1.29, 1.82) is 0 Å². The van der Waals surface area contributed by atoms with Gasteiger partial charge in [-0.2, -0.15) is 0 Å². The summed E-state index contributed by atoms with van der Waals surface area (Å²) < 4.78 is 2.14. The van der Waals surface area contributed by atoms with E-state index in [9.17, 15) is 0 Å².